The molecule has 10 nitrogen and oxygen atoms in total. The van der Waals surface area contributed by atoms with Gasteiger partial charge in [0.25, 0.3) is 0 Å². The first-order valence-electron chi connectivity index (χ1n) is 26.7. The standard InChI is InChI=1S/C42H36O6.C28H24O4/c43-37-25-7-1-8-26(37)20-28-10-3-12-30(39(28)45)22-32-14-5-16-34(41(32)47)24-36-18-6-17-35(42(36)48)23-33-15-4-13-31(40(33)46)21-29-11-2-9-27(19-25)38(29)44;29-25-17-5-1-6-18(25)14-20-8-3-10-22(27(20)31)16-24-12-4-11-23(28(24)32)15-21-9-2-7-19(13-17)26(21)30/h1-18,43-48H,19-24H2;1-12,29-32H,13-16H2. The largest absolute Gasteiger partial charge is 0.507 e. The molecule has 0 aliphatic heterocycles. The number of fused-ring (bicyclic) bond motifs is 20. The molecular weight excluding hydrogens is 1000 g/mol. The second-order valence-corrected chi connectivity index (χ2v) is 21.0. The summed E-state index contributed by atoms with van der Waals surface area (Å²) in [7, 11) is 0. The van der Waals surface area contributed by atoms with E-state index in [1.807, 2.05) is 182 Å². The fourth-order valence-corrected chi connectivity index (χ4v) is 11.3. The maximum atomic E-state index is 11.3. The summed E-state index contributed by atoms with van der Waals surface area (Å²) in [6.07, 6.45) is 3.17. The molecule has 400 valence electrons. The van der Waals surface area contributed by atoms with Crippen LogP contribution in [0.2, 0.25) is 0 Å². The Morgan fingerprint density at radius 1 is 0.125 bits per heavy atom. The lowest BCUT2D eigenvalue weighted by Crippen LogP contribution is -2.00. The van der Waals surface area contributed by atoms with Crippen LogP contribution in [-0.2, 0) is 64.2 Å². The predicted molar refractivity (Wildman–Crippen MR) is 309 cm³/mol. The number of benzene rings is 10. The van der Waals surface area contributed by atoms with Gasteiger partial charge in [-0.25, -0.2) is 0 Å². The zero-order valence-electron chi connectivity index (χ0n) is 43.9. The Labute approximate surface area is 464 Å². The summed E-state index contributed by atoms with van der Waals surface area (Å²) >= 11 is 0. The van der Waals surface area contributed by atoms with Crippen LogP contribution in [0, 0.1) is 0 Å². The SMILES string of the molecule is Oc1c2cccc1Cc1cccc(c1O)Cc1cccc(c1O)Cc1cccc(c1O)C2.Oc1c2cccc1Cc1cccc(c1O)Cc1cccc(c1O)Cc1cccc(c1O)Cc1cccc(c1O)Cc1cccc(c1O)C2. The van der Waals surface area contributed by atoms with Gasteiger partial charge in [0.1, 0.15) is 57.5 Å². The molecule has 0 aromatic heterocycles. The van der Waals surface area contributed by atoms with Gasteiger partial charge in [-0.15, -0.1) is 0 Å². The van der Waals surface area contributed by atoms with Gasteiger partial charge >= 0.3 is 0 Å². The van der Waals surface area contributed by atoms with Crippen molar-refractivity contribution in [2.24, 2.45) is 0 Å². The van der Waals surface area contributed by atoms with Crippen molar-refractivity contribution < 1.29 is 51.1 Å². The van der Waals surface area contributed by atoms with Crippen LogP contribution < -0.4 is 0 Å². The molecule has 80 heavy (non-hydrogen) atoms. The molecule has 10 N–H and O–H groups in total. The number of phenols is 10. The van der Waals surface area contributed by atoms with Crippen LogP contribution in [0.4, 0.5) is 0 Å². The fourth-order valence-electron chi connectivity index (χ4n) is 11.3. The molecule has 10 aromatic carbocycles. The van der Waals surface area contributed by atoms with E-state index in [2.05, 4.69) is 0 Å². The van der Waals surface area contributed by atoms with E-state index >= 15 is 0 Å². The number of para-hydroxylation sites is 10. The molecule has 0 fully saturated rings. The van der Waals surface area contributed by atoms with Gasteiger partial charge in [0.2, 0.25) is 0 Å². The lowest BCUT2D eigenvalue weighted by atomic mass is 9.91. The maximum absolute atomic E-state index is 11.3. The van der Waals surface area contributed by atoms with Crippen LogP contribution in [0.5, 0.6) is 57.5 Å². The summed E-state index contributed by atoms with van der Waals surface area (Å²) < 4.78 is 0. The topological polar surface area (TPSA) is 202 Å². The first-order valence-corrected chi connectivity index (χ1v) is 26.7. The molecule has 2 aliphatic carbocycles. The lowest BCUT2D eigenvalue weighted by Gasteiger charge is -2.16. The Morgan fingerprint density at radius 3 is 0.250 bits per heavy atom. The van der Waals surface area contributed by atoms with Crippen LogP contribution in [0.25, 0.3) is 0 Å². The second kappa shape index (κ2) is 22.3. The summed E-state index contributed by atoms with van der Waals surface area (Å²) in [6, 6.07) is 55.3. The number of rotatable bonds is 0. The Hall–Kier alpha value is -9.80. The van der Waals surface area contributed by atoms with Crippen molar-refractivity contribution in [3.63, 3.8) is 0 Å². The summed E-state index contributed by atoms with van der Waals surface area (Å²) in [6.45, 7) is 0. The summed E-state index contributed by atoms with van der Waals surface area (Å²) in [5.41, 5.74) is 13.3. The highest BCUT2D eigenvalue weighted by Gasteiger charge is 2.22. The normalized spacial score (nSPS) is 13.0. The van der Waals surface area contributed by atoms with Gasteiger partial charge in [-0.2, -0.15) is 0 Å². The summed E-state index contributed by atoms with van der Waals surface area (Å²) in [5.74, 6) is 1.32. The molecule has 0 radical (unpaired) electrons. The molecule has 10 aromatic rings. The molecule has 0 unspecified atom stereocenters. The van der Waals surface area contributed by atoms with Crippen molar-refractivity contribution in [1.82, 2.24) is 0 Å². The number of aromatic hydroxyl groups is 10. The molecule has 0 saturated carbocycles. The smallest absolute Gasteiger partial charge is 0.122 e. The van der Waals surface area contributed by atoms with Crippen LogP contribution in [0.15, 0.2) is 182 Å². The van der Waals surface area contributed by atoms with E-state index in [0.29, 0.717) is 137 Å². The van der Waals surface area contributed by atoms with E-state index in [0.717, 1.165) is 0 Å². The third kappa shape index (κ3) is 10.6. The van der Waals surface area contributed by atoms with E-state index in [-0.39, 0.29) is 96.0 Å². The van der Waals surface area contributed by atoms with Crippen molar-refractivity contribution >= 4 is 0 Å². The number of phenolic OH excluding ortho intramolecular Hbond substituents is 10. The highest BCUT2D eigenvalue weighted by atomic mass is 16.3. The van der Waals surface area contributed by atoms with Crippen LogP contribution >= 0.6 is 0 Å². The van der Waals surface area contributed by atoms with Gasteiger partial charge in [-0.1, -0.05) is 182 Å². The minimum absolute atomic E-state index is 0.101. The van der Waals surface area contributed by atoms with E-state index in [1.165, 1.54) is 0 Å². The van der Waals surface area contributed by atoms with Crippen molar-refractivity contribution in [2.75, 3.05) is 0 Å². The minimum atomic E-state index is 0.101. The Kier molecular flexibility index (Phi) is 14.6. The highest BCUT2D eigenvalue weighted by Crippen LogP contribution is 2.41. The summed E-state index contributed by atoms with van der Waals surface area (Å²) in [5, 5.41) is 112. The Bertz CT molecular complexity index is 3180. The quantitative estimate of drug-likeness (QED) is 0.0696. The molecule has 2 aliphatic rings. The Balaban J connectivity index is 0.000000183. The van der Waals surface area contributed by atoms with Crippen molar-refractivity contribution in [1.29, 1.82) is 0 Å². The molecule has 12 rings (SSSR count). The van der Waals surface area contributed by atoms with Gasteiger partial charge in [0.05, 0.1) is 0 Å². The van der Waals surface area contributed by atoms with Crippen LogP contribution in [0.3, 0.4) is 0 Å². The minimum Gasteiger partial charge on any atom is -0.507 e. The highest BCUT2D eigenvalue weighted by molar-refractivity contribution is 5.58. The van der Waals surface area contributed by atoms with E-state index in [9.17, 15) is 51.1 Å². The molecule has 10 heteroatoms. The zero-order valence-corrected chi connectivity index (χ0v) is 43.9. The van der Waals surface area contributed by atoms with Crippen LogP contribution in [-0.4, -0.2) is 51.1 Å². The summed E-state index contributed by atoms with van der Waals surface area (Å²) in [4.78, 5) is 0. The predicted octanol–water partition coefficient (Wildman–Crippen LogP) is 13.0. The van der Waals surface area contributed by atoms with Gasteiger partial charge < -0.3 is 51.1 Å². The third-order valence-electron chi connectivity index (χ3n) is 15.8. The molecular formula is C70H60O10. The monoisotopic (exact) mass is 1060 g/mol. The van der Waals surface area contributed by atoms with Gasteiger partial charge in [-0.05, 0) is 111 Å². The third-order valence-corrected chi connectivity index (χ3v) is 15.8. The second-order valence-electron chi connectivity index (χ2n) is 21.0. The van der Waals surface area contributed by atoms with Gasteiger partial charge in [0.15, 0.2) is 0 Å². The van der Waals surface area contributed by atoms with Crippen molar-refractivity contribution in [3.05, 3.63) is 293 Å². The molecule has 0 atom stereocenters. The van der Waals surface area contributed by atoms with Gasteiger partial charge in [-0.3, -0.25) is 0 Å². The zero-order chi connectivity index (χ0) is 55.6. The Morgan fingerprint density at radius 2 is 0.188 bits per heavy atom. The molecule has 0 amide bonds. The first kappa shape index (κ1) is 52.3. The van der Waals surface area contributed by atoms with E-state index in [1.54, 1.807) is 0 Å². The lowest BCUT2D eigenvalue weighted by molar-refractivity contribution is 0.449. The maximum Gasteiger partial charge on any atom is 0.122 e. The average molecular weight is 1060 g/mol. The molecule has 0 spiro atoms. The van der Waals surface area contributed by atoms with Gasteiger partial charge in [0, 0.05) is 64.2 Å². The number of hydrogen-bond donors (Lipinski definition) is 10. The van der Waals surface area contributed by atoms with Crippen LogP contribution in [0.1, 0.15) is 111 Å². The number of hydrogen-bond acceptors (Lipinski definition) is 10. The molecule has 20 bridgehead atoms. The average Bonchev–Trinajstić information content (AvgIpc) is 3.44. The first-order chi connectivity index (χ1) is 38.8. The molecule has 0 heterocycles. The molecule has 0 saturated heterocycles. The van der Waals surface area contributed by atoms with Crippen molar-refractivity contribution in [3.8, 4) is 57.5 Å². The van der Waals surface area contributed by atoms with E-state index < -0.39 is 0 Å². The fraction of sp³-hybridized carbons (Fsp3) is 0.143. The van der Waals surface area contributed by atoms with Crippen molar-refractivity contribution in [2.45, 2.75) is 64.2 Å². The van der Waals surface area contributed by atoms with E-state index in [4.69, 9.17) is 0 Å².